The monoisotopic (exact) mass is 302 g/mol. The second kappa shape index (κ2) is 7.37. The van der Waals surface area contributed by atoms with Crippen LogP contribution in [0.3, 0.4) is 0 Å². The zero-order valence-corrected chi connectivity index (χ0v) is 12.3. The fraction of sp³-hybridized carbons (Fsp3) is 0.455. The number of pyridine rings is 1. The highest BCUT2D eigenvalue weighted by molar-refractivity contribution is 7.89. The van der Waals surface area contributed by atoms with Gasteiger partial charge in [-0.15, -0.1) is 0 Å². The van der Waals surface area contributed by atoms with E-state index < -0.39 is 10.0 Å². The number of hydrogen-bond donors (Lipinski definition) is 3. The molecule has 0 aliphatic rings. The largest absolute Gasteiger partial charge is 0.360 e. The molecule has 0 amide bonds. The molecule has 4 N–H and O–H groups in total. The molecule has 1 aromatic rings. The minimum absolute atomic E-state index is 0.0276. The first-order valence-electron chi connectivity index (χ1n) is 5.88. The molecule has 1 aromatic heterocycles. The molecule has 1 heterocycles. The summed E-state index contributed by atoms with van der Waals surface area (Å²) in [5, 5.41) is 11.5. The molecule has 0 bridgehead atoms. The standard InChI is InChI=1S/C11H18N4O2S2/c1-2-9(5-8-19(12,16)17)14-11(18)15-10-3-6-13-7-4-10/h3-4,6-7,9H,2,5,8H2,1H3,(H2,12,16,17)(H2,13,14,15,18). The first-order valence-corrected chi connectivity index (χ1v) is 8.01. The number of nitrogens with zero attached hydrogens (tertiary/aromatic N) is 1. The molecule has 106 valence electrons. The summed E-state index contributed by atoms with van der Waals surface area (Å²) in [4.78, 5) is 3.90. The highest BCUT2D eigenvalue weighted by Crippen LogP contribution is 2.04. The van der Waals surface area contributed by atoms with E-state index in [1.807, 2.05) is 6.92 Å². The Balaban J connectivity index is 2.45. The van der Waals surface area contributed by atoms with Crippen molar-refractivity contribution in [3.8, 4) is 0 Å². The molecule has 0 saturated heterocycles. The zero-order chi connectivity index (χ0) is 14.3. The fourth-order valence-electron chi connectivity index (χ4n) is 1.47. The average Bonchev–Trinajstić information content (AvgIpc) is 2.34. The lowest BCUT2D eigenvalue weighted by atomic mass is 10.2. The van der Waals surface area contributed by atoms with Crippen molar-refractivity contribution in [2.24, 2.45) is 5.14 Å². The van der Waals surface area contributed by atoms with Gasteiger partial charge in [0, 0.05) is 24.1 Å². The predicted octanol–water partition coefficient (Wildman–Crippen LogP) is 0.825. The molecule has 0 spiro atoms. The van der Waals surface area contributed by atoms with Crippen LogP contribution in [-0.2, 0) is 10.0 Å². The van der Waals surface area contributed by atoms with E-state index in [-0.39, 0.29) is 11.8 Å². The molecule has 6 nitrogen and oxygen atoms in total. The Kier molecular flexibility index (Phi) is 6.13. The molecule has 0 aromatic carbocycles. The van der Waals surface area contributed by atoms with E-state index in [0.29, 0.717) is 11.5 Å². The lowest BCUT2D eigenvalue weighted by Crippen LogP contribution is -2.39. The van der Waals surface area contributed by atoms with Crippen LogP contribution in [0.2, 0.25) is 0 Å². The third-order valence-electron chi connectivity index (χ3n) is 2.52. The fourth-order valence-corrected chi connectivity index (χ4v) is 2.37. The van der Waals surface area contributed by atoms with Crippen LogP contribution in [0.5, 0.6) is 0 Å². The first kappa shape index (κ1) is 15.8. The summed E-state index contributed by atoms with van der Waals surface area (Å²) < 4.78 is 21.8. The highest BCUT2D eigenvalue weighted by Gasteiger charge is 2.12. The van der Waals surface area contributed by atoms with E-state index >= 15 is 0 Å². The van der Waals surface area contributed by atoms with Gasteiger partial charge in [0.2, 0.25) is 10.0 Å². The number of primary sulfonamides is 1. The van der Waals surface area contributed by atoms with Crippen LogP contribution in [0.25, 0.3) is 0 Å². The molecule has 0 saturated carbocycles. The second-order valence-corrected chi connectivity index (χ2v) is 6.24. The first-order chi connectivity index (χ1) is 8.90. The van der Waals surface area contributed by atoms with Gasteiger partial charge in [0.25, 0.3) is 0 Å². The Morgan fingerprint density at radius 3 is 2.63 bits per heavy atom. The third kappa shape index (κ3) is 7.04. The normalized spacial score (nSPS) is 12.7. The van der Waals surface area contributed by atoms with E-state index in [1.165, 1.54) is 0 Å². The number of hydrogen-bond acceptors (Lipinski definition) is 4. The summed E-state index contributed by atoms with van der Waals surface area (Å²) in [5.41, 5.74) is 0.828. The number of aromatic nitrogens is 1. The molecule has 0 radical (unpaired) electrons. The molecule has 1 unspecified atom stereocenters. The second-order valence-electron chi connectivity index (χ2n) is 4.10. The van der Waals surface area contributed by atoms with Crippen molar-refractivity contribution >= 4 is 33.0 Å². The van der Waals surface area contributed by atoms with Crippen LogP contribution < -0.4 is 15.8 Å². The molecule has 1 rings (SSSR count). The van der Waals surface area contributed by atoms with Gasteiger partial charge in [-0.05, 0) is 37.2 Å². The van der Waals surface area contributed by atoms with E-state index in [4.69, 9.17) is 17.4 Å². The topological polar surface area (TPSA) is 97.1 Å². The van der Waals surface area contributed by atoms with Crippen molar-refractivity contribution in [3.05, 3.63) is 24.5 Å². The maximum Gasteiger partial charge on any atom is 0.209 e. The summed E-state index contributed by atoms with van der Waals surface area (Å²) in [6, 6.07) is 3.55. The molecule has 0 aliphatic carbocycles. The van der Waals surface area contributed by atoms with Crippen molar-refractivity contribution in [1.82, 2.24) is 10.3 Å². The Hall–Kier alpha value is -1.25. The number of nitrogens with two attached hydrogens (primary N) is 1. The Bertz CT molecular complexity index is 505. The molecular formula is C11H18N4O2S2. The Labute approximate surface area is 118 Å². The van der Waals surface area contributed by atoms with Crippen LogP contribution in [0, 0.1) is 0 Å². The maximum atomic E-state index is 10.9. The van der Waals surface area contributed by atoms with Crippen molar-refractivity contribution in [2.45, 2.75) is 25.8 Å². The molecule has 0 fully saturated rings. The van der Waals surface area contributed by atoms with E-state index in [0.717, 1.165) is 12.1 Å². The molecule has 19 heavy (non-hydrogen) atoms. The molecular weight excluding hydrogens is 284 g/mol. The third-order valence-corrected chi connectivity index (χ3v) is 3.54. The predicted molar refractivity (Wildman–Crippen MR) is 80.3 cm³/mol. The van der Waals surface area contributed by atoms with Gasteiger partial charge in [0.1, 0.15) is 0 Å². The van der Waals surface area contributed by atoms with Crippen molar-refractivity contribution in [1.29, 1.82) is 0 Å². The lowest BCUT2D eigenvalue weighted by molar-refractivity contribution is 0.554. The van der Waals surface area contributed by atoms with Gasteiger partial charge in [-0.3, -0.25) is 4.98 Å². The van der Waals surface area contributed by atoms with Gasteiger partial charge in [0.15, 0.2) is 5.11 Å². The van der Waals surface area contributed by atoms with Gasteiger partial charge < -0.3 is 10.6 Å². The summed E-state index contributed by atoms with van der Waals surface area (Å²) in [6.45, 7) is 1.95. The number of nitrogens with one attached hydrogen (secondary N) is 2. The molecule has 8 heteroatoms. The number of thiocarbonyl (C=S) groups is 1. The lowest BCUT2D eigenvalue weighted by Gasteiger charge is -2.19. The van der Waals surface area contributed by atoms with Gasteiger partial charge in [-0.25, -0.2) is 13.6 Å². The quantitative estimate of drug-likeness (QED) is 0.673. The Morgan fingerprint density at radius 2 is 2.11 bits per heavy atom. The van der Waals surface area contributed by atoms with Gasteiger partial charge in [-0.2, -0.15) is 0 Å². The smallest absolute Gasteiger partial charge is 0.209 e. The molecule has 0 aliphatic heterocycles. The van der Waals surface area contributed by atoms with Crippen LogP contribution in [0.1, 0.15) is 19.8 Å². The van der Waals surface area contributed by atoms with Gasteiger partial charge in [0.05, 0.1) is 5.75 Å². The number of sulfonamides is 1. The van der Waals surface area contributed by atoms with E-state index in [9.17, 15) is 8.42 Å². The maximum absolute atomic E-state index is 10.9. The van der Waals surface area contributed by atoms with Crippen molar-refractivity contribution < 1.29 is 8.42 Å². The number of rotatable bonds is 6. The summed E-state index contributed by atoms with van der Waals surface area (Å²) >= 11 is 5.16. The van der Waals surface area contributed by atoms with Crippen molar-refractivity contribution in [3.63, 3.8) is 0 Å². The van der Waals surface area contributed by atoms with Crippen LogP contribution in [0.4, 0.5) is 5.69 Å². The van der Waals surface area contributed by atoms with Crippen LogP contribution in [-0.4, -0.2) is 30.3 Å². The van der Waals surface area contributed by atoms with Crippen LogP contribution >= 0.6 is 12.2 Å². The SMILES string of the molecule is CCC(CCS(N)(=O)=O)NC(=S)Nc1ccncc1. The highest BCUT2D eigenvalue weighted by atomic mass is 32.2. The Morgan fingerprint density at radius 1 is 1.47 bits per heavy atom. The minimum Gasteiger partial charge on any atom is -0.360 e. The number of anilines is 1. The van der Waals surface area contributed by atoms with Gasteiger partial charge in [-0.1, -0.05) is 6.92 Å². The minimum atomic E-state index is -3.44. The summed E-state index contributed by atoms with van der Waals surface area (Å²) in [6.07, 6.45) is 4.49. The van der Waals surface area contributed by atoms with Crippen LogP contribution in [0.15, 0.2) is 24.5 Å². The van der Waals surface area contributed by atoms with E-state index in [2.05, 4.69) is 15.6 Å². The average molecular weight is 302 g/mol. The van der Waals surface area contributed by atoms with Gasteiger partial charge >= 0.3 is 0 Å². The zero-order valence-electron chi connectivity index (χ0n) is 10.7. The van der Waals surface area contributed by atoms with Crippen molar-refractivity contribution in [2.75, 3.05) is 11.1 Å². The summed E-state index contributed by atoms with van der Waals surface area (Å²) in [7, 11) is -3.44. The summed E-state index contributed by atoms with van der Waals surface area (Å²) in [5.74, 6) is -0.0591. The van der Waals surface area contributed by atoms with E-state index in [1.54, 1.807) is 24.5 Å². The molecule has 1 atom stereocenters.